The first-order chi connectivity index (χ1) is 12.8. The lowest BCUT2D eigenvalue weighted by atomic mass is 10.1. The molecular weight excluding hydrogens is 326 g/mol. The van der Waals surface area contributed by atoms with Gasteiger partial charge in [-0.3, -0.25) is 0 Å². The molecular formula is C21H27N3O2. The molecule has 5 nitrogen and oxygen atoms in total. The minimum Gasteiger partial charge on any atom is -0.457 e. The molecule has 2 amide bonds. The van der Waals surface area contributed by atoms with Gasteiger partial charge in [0.1, 0.15) is 11.5 Å². The van der Waals surface area contributed by atoms with Crippen molar-refractivity contribution in [3.05, 3.63) is 60.2 Å². The lowest BCUT2D eigenvalue weighted by Crippen LogP contribution is -2.41. The van der Waals surface area contributed by atoms with Gasteiger partial charge in [0.25, 0.3) is 0 Å². The number of para-hydroxylation sites is 1. The molecule has 0 spiro atoms. The molecule has 3 rings (SSSR count). The molecule has 138 valence electrons. The van der Waals surface area contributed by atoms with Crippen LogP contribution in [0.3, 0.4) is 0 Å². The van der Waals surface area contributed by atoms with Crippen LogP contribution in [0.5, 0.6) is 11.5 Å². The summed E-state index contributed by atoms with van der Waals surface area (Å²) in [6.45, 7) is 4.38. The maximum atomic E-state index is 12.0. The van der Waals surface area contributed by atoms with Gasteiger partial charge in [0.2, 0.25) is 0 Å². The third-order valence-corrected chi connectivity index (χ3v) is 4.49. The number of amides is 2. The van der Waals surface area contributed by atoms with Crippen molar-refractivity contribution in [1.29, 1.82) is 0 Å². The number of nitrogens with one attached hydrogen (secondary N) is 2. The summed E-state index contributed by atoms with van der Waals surface area (Å²) in [4.78, 5) is 14.4. The Morgan fingerprint density at radius 2 is 1.69 bits per heavy atom. The Kier molecular flexibility index (Phi) is 6.90. The van der Waals surface area contributed by atoms with E-state index in [1.165, 1.54) is 19.3 Å². The number of hydrogen-bond acceptors (Lipinski definition) is 3. The lowest BCUT2D eigenvalue weighted by molar-refractivity contribution is 0.220. The minimum atomic E-state index is -0.128. The molecule has 0 atom stereocenters. The van der Waals surface area contributed by atoms with Gasteiger partial charge in [0.15, 0.2) is 0 Å². The number of carbonyl (C=O) groups is 1. The summed E-state index contributed by atoms with van der Waals surface area (Å²) in [7, 11) is 0. The van der Waals surface area contributed by atoms with Crippen LogP contribution in [0.15, 0.2) is 54.6 Å². The second kappa shape index (κ2) is 9.82. The van der Waals surface area contributed by atoms with Crippen LogP contribution >= 0.6 is 0 Å². The monoisotopic (exact) mass is 353 g/mol. The molecule has 0 aliphatic carbocycles. The van der Waals surface area contributed by atoms with Crippen LogP contribution in [0.1, 0.15) is 24.8 Å². The Morgan fingerprint density at radius 1 is 0.923 bits per heavy atom. The van der Waals surface area contributed by atoms with E-state index < -0.39 is 0 Å². The SMILES string of the molecule is O=C(NCCN1CCCCC1)NCc1cccc(Oc2ccccc2)c1. The lowest BCUT2D eigenvalue weighted by Gasteiger charge is -2.26. The summed E-state index contributed by atoms with van der Waals surface area (Å²) in [6, 6.07) is 17.3. The van der Waals surface area contributed by atoms with Gasteiger partial charge in [0, 0.05) is 19.6 Å². The Bertz CT molecular complexity index is 685. The number of likely N-dealkylation sites (tertiary alicyclic amines) is 1. The van der Waals surface area contributed by atoms with E-state index >= 15 is 0 Å². The van der Waals surface area contributed by atoms with E-state index in [0.717, 1.165) is 36.7 Å². The molecule has 2 aromatic rings. The Hall–Kier alpha value is -2.53. The van der Waals surface area contributed by atoms with Crippen LogP contribution in [0.2, 0.25) is 0 Å². The summed E-state index contributed by atoms with van der Waals surface area (Å²) in [5.74, 6) is 1.56. The number of hydrogen-bond donors (Lipinski definition) is 2. The van der Waals surface area contributed by atoms with Gasteiger partial charge in [0.05, 0.1) is 0 Å². The molecule has 1 aliphatic heterocycles. The molecule has 0 aromatic heterocycles. The van der Waals surface area contributed by atoms with E-state index in [9.17, 15) is 4.79 Å². The summed E-state index contributed by atoms with van der Waals surface area (Å²) >= 11 is 0. The smallest absolute Gasteiger partial charge is 0.315 e. The van der Waals surface area contributed by atoms with E-state index in [1.807, 2.05) is 54.6 Å². The average molecular weight is 353 g/mol. The first-order valence-electron chi connectivity index (χ1n) is 9.35. The third kappa shape index (κ3) is 6.08. The Morgan fingerprint density at radius 3 is 2.50 bits per heavy atom. The van der Waals surface area contributed by atoms with Crippen molar-refractivity contribution >= 4 is 6.03 Å². The Labute approximate surface area is 155 Å². The topological polar surface area (TPSA) is 53.6 Å². The highest BCUT2D eigenvalue weighted by atomic mass is 16.5. The molecule has 1 aliphatic rings. The van der Waals surface area contributed by atoms with Crippen molar-refractivity contribution in [2.45, 2.75) is 25.8 Å². The molecule has 1 heterocycles. The standard InChI is InChI=1S/C21H27N3O2/c25-21(22-12-15-24-13-5-2-6-14-24)23-17-18-8-7-11-20(16-18)26-19-9-3-1-4-10-19/h1,3-4,7-11,16H,2,5-6,12-15,17H2,(H2,22,23,25). The summed E-state index contributed by atoms with van der Waals surface area (Å²) in [5, 5.41) is 5.84. The molecule has 0 unspecified atom stereocenters. The van der Waals surface area contributed by atoms with Gasteiger partial charge >= 0.3 is 6.03 Å². The van der Waals surface area contributed by atoms with Crippen molar-refractivity contribution < 1.29 is 9.53 Å². The predicted octanol–water partition coefficient (Wildman–Crippen LogP) is 3.76. The zero-order chi connectivity index (χ0) is 18.0. The van der Waals surface area contributed by atoms with E-state index in [2.05, 4.69) is 15.5 Å². The quantitative estimate of drug-likeness (QED) is 0.797. The van der Waals surface area contributed by atoms with Crippen LogP contribution in [0.4, 0.5) is 4.79 Å². The molecule has 2 aromatic carbocycles. The number of urea groups is 1. The van der Waals surface area contributed by atoms with E-state index in [0.29, 0.717) is 13.1 Å². The number of piperidine rings is 1. The van der Waals surface area contributed by atoms with Gasteiger partial charge in [-0.1, -0.05) is 36.8 Å². The van der Waals surface area contributed by atoms with Gasteiger partial charge in [-0.05, 0) is 55.8 Å². The minimum absolute atomic E-state index is 0.128. The maximum absolute atomic E-state index is 12.0. The fraction of sp³-hybridized carbons (Fsp3) is 0.381. The molecule has 1 saturated heterocycles. The van der Waals surface area contributed by atoms with E-state index in [1.54, 1.807) is 0 Å². The predicted molar refractivity (Wildman–Crippen MR) is 103 cm³/mol. The zero-order valence-electron chi connectivity index (χ0n) is 15.1. The van der Waals surface area contributed by atoms with E-state index in [4.69, 9.17) is 4.74 Å². The second-order valence-electron chi connectivity index (χ2n) is 6.57. The van der Waals surface area contributed by atoms with Crippen molar-refractivity contribution in [2.24, 2.45) is 0 Å². The molecule has 0 saturated carbocycles. The van der Waals surface area contributed by atoms with Gasteiger partial charge in [-0.25, -0.2) is 4.79 Å². The van der Waals surface area contributed by atoms with Crippen molar-refractivity contribution in [3.63, 3.8) is 0 Å². The van der Waals surface area contributed by atoms with Crippen molar-refractivity contribution in [2.75, 3.05) is 26.2 Å². The normalized spacial score (nSPS) is 14.6. The van der Waals surface area contributed by atoms with Gasteiger partial charge < -0.3 is 20.3 Å². The largest absolute Gasteiger partial charge is 0.457 e. The second-order valence-corrected chi connectivity index (χ2v) is 6.57. The van der Waals surface area contributed by atoms with Crippen LogP contribution in [0, 0.1) is 0 Å². The molecule has 26 heavy (non-hydrogen) atoms. The highest BCUT2D eigenvalue weighted by Gasteiger charge is 2.09. The molecule has 5 heteroatoms. The fourth-order valence-electron chi connectivity index (χ4n) is 3.10. The van der Waals surface area contributed by atoms with Crippen LogP contribution < -0.4 is 15.4 Å². The van der Waals surface area contributed by atoms with Crippen LogP contribution in [-0.2, 0) is 6.54 Å². The number of ether oxygens (including phenoxy) is 1. The average Bonchev–Trinajstić information content (AvgIpc) is 2.68. The summed E-state index contributed by atoms with van der Waals surface area (Å²) in [5.41, 5.74) is 1.00. The van der Waals surface area contributed by atoms with Gasteiger partial charge in [-0.2, -0.15) is 0 Å². The molecule has 0 radical (unpaired) electrons. The number of nitrogens with zero attached hydrogens (tertiary/aromatic N) is 1. The highest BCUT2D eigenvalue weighted by Crippen LogP contribution is 2.21. The zero-order valence-corrected chi connectivity index (χ0v) is 15.1. The summed E-state index contributed by atoms with van der Waals surface area (Å²) in [6.07, 6.45) is 3.87. The van der Waals surface area contributed by atoms with Crippen LogP contribution in [0.25, 0.3) is 0 Å². The fourth-order valence-corrected chi connectivity index (χ4v) is 3.10. The molecule has 1 fully saturated rings. The number of rotatable bonds is 7. The third-order valence-electron chi connectivity index (χ3n) is 4.49. The first kappa shape index (κ1) is 18.3. The van der Waals surface area contributed by atoms with Crippen molar-refractivity contribution in [1.82, 2.24) is 15.5 Å². The highest BCUT2D eigenvalue weighted by molar-refractivity contribution is 5.73. The molecule has 0 bridgehead atoms. The first-order valence-corrected chi connectivity index (χ1v) is 9.35. The number of carbonyl (C=O) groups excluding carboxylic acids is 1. The van der Waals surface area contributed by atoms with Crippen LogP contribution in [-0.4, -0.2) is 37.1 Å². The molecule has 2 N–H and O–H groups in total. The van der Waals surface area contributed by atoms with Gasteiger partial charge in [-0.15, -0.1) is 0 Å². The van der Waals surface area contributed by atoms with E-state index in [-0.39, 0.29) is 6.03 Å². The Balaban J connectivity index is 1.39. The maximum Gasteiger partial charge on any atom is 0.315 e. The summed E-state index contributed by atoms with van der Waals surface area (Å²) < 4.78 is 5.82. The number of benzene rings is 2. The van der Waals surface area contributed by atoms with Crippen molar-refractivity contribution in [3.8, 4) is 11.5 Å².